The van der Waals surface area contributed by atoms with Gasteiger partial charge in [-0.3, -0.25) is 0 Å². The van der Waals surface area contributed by atoms with Gasteiger partial charge in [0.05, 0.1) is 6.04 Å². The lowest BCUT2D eigenvalue weighted by molar-refractivity contribution is -0.0635. The number of hydrogen-bond acceptors (Lipinski definition) is 2. The van der Waals surface area contributed by atoms with Crippen LogP contribution in [0.25, 0.3) is 0 Å². The molecule has 1 unspecified atom stereocenters. The van der Waals surface area contributed by atoms with Crippen LogP contribution in [0.4, 0.5) is 0 Å². The molecule has 2 heteroatoms. The molecule has 4 aliphatic carbocycles. The minimum atomic E-state index is 0.0656. The Labute approximate surface area is 85.4 Å². The van der Waals surface area contributed by atoms with Crippen molar-refractivity contribution >= 4 is 0 Å². The lowest BCUT2D eigenvalue weighted by Crippen LogP contribution is -2.50. The third-order valence-corrected chi connectivity index (χ3v) is 5.13. The van der Waals surface area contributed by atoms with E-state index in [-0.39, 0.29) is 6.04 Å². The van der Waals surface area contributed by atoms with Gasteiger partial charge in [-0.05, 0) is 68.6 Å². The first kappa shape index (κ1) is 8.87. The molecule has 78 valence electrons. The fourth-order valence-electron chi connectivity index (χ4n) is 4.80. The molecule has 4 rings (SSSR count). The zero-order valence-corrected chi connectivity index (χ0v) is 8.91. The second kappa shape index (κ2) is 2.80. The van der Waals surface area contributed by atoms with Gasteiger partial charge in [0.1, 0.15) is 0 Å². The molecule has 0 aliphatic heterocycles. The van der Waals surface area contributed by atoms with Crippen LogP contribution in [-0.2, 0) is 0 Å². The predicted octanol–water partition coefficient (Wildman–Crippen LogP) is 3.36. The third-order valence-electron chi connectivity index (χ3n) is 5.13. The Bertz CT molecular complexity index is 226. The maximum atomic E-state index is 10.8. The molecule has 4 aliphatic rings. The summed E-state index contributed by atoms with van der Waals surface area (Å²) in [4.78, 5) is 10.8. The molecule has 0 heterocycles. The smallest absolute Gasteiger partial charge is 0.0947 e. The Morgan fingerprint density at radius 1 is 1.07 bits per heavy atom. The van der Waals surface area contributed by atoms with Crippen molar-refractivity contribution in [1.29, 1.82) is 0 Å². The summed E-state index contributed by atoms with van der Waals surface area (Å²) in [6.07, 6.45) is 8.24. The van der Waals surface area contributed by atoms with Crippen molar-refractivity contribution in [2.24, 2.45) is 28.3 Å². The maximum Gasteiger partial charge on any atom is 0.0947 e. The number of nitroso groups, excluding NO2 is 1. The molecule has 4 fully saturated rings. The van der Waals surface area contributed by atoms with E-state index in [1.165, 1.54) is 38.5 Å². The van der Waals surface area contributed by atoms with Crippen molar-refractivity contribution in [3.8, 4) is 0 Å². The Morgan fingerprint density at radius 3 is 1.86 bits per heavy atom. The summed E-state index contributed by atoms with van der Waals surface area (Å²) in [6.45, 7) is 2.04. The van der Waals surface area contributed by atoms with Gasteiger partial charge in [0, 0.05) is 0 Å². The van der Waals surface area contributed by atoms with Crippen LogP contribution in [0.5, 0.6) is 0 Å². The van der Waals surface area contributed by atoms with Gasteiger partial charge in [-0.2, -0.15) is 4.91 Å². The lowest BCUT2D eigenvalue weighted by Gasteiger charge is -2.57. The molecule has 0 amide bonds. The minimum Gasteiger partial charge on any atom is -0.151 e. The summed E-state index contributed by atoms with van der Waals surface area (Å²) in [5.74, 6) is 2.81. The van der Waals surface area contributed by atoms with Crippen LogP contribution in [0, 0.1) is 28.1 Å². The maximum absolute atomic E-state index is 10.8. The van der Waals surface area contributed by atoms with Crippen LogP contribution < -0.4 is 0 Å². The molecule has 0 aromatic carbocycles. The van der Waals surface area contributed by atoms with Crippen LogP contribution in [0.3, 0.4) is 0 Å². The molecule has 1 atom stereocenters. The topological polar surface area (TPSA) is 29.4 Å². The molecule has 4 bridgehead atoms. The molecular formula is C12H19NO. The van der Waals surface area contributed by atoms with Crippen LogP contribution in [0.15, 0.2) is 5.18 Å². The molecule has 0 radical (unpaired) electrons. The quantitative estimate of drug-likeness (QED) is 0.618. The van der Waals surface area contributed by atoms with Crippen molar-refractivity contribution in [2.45, 2.75) is 51.5 Å². The van der Waals surface area contributed by atoms with Crippen LogP contribution in [0.2, 0.25) is 0 Å². The number of rotatable bonds is 2. The van der Waals surface area contributed by atoms with Crippen molar-refractivity contribution in [2.75, 3.05) is 0 Å². The summed E-state index contributed by atoms with van der Waals surface area (Å²) in [6, 6.07) is 0.0656. The molecule has 0 saturated heterocycles. The number of hydrogen-bond donors (Lipinski definition) is 0. The van der Waals surface area contributed by atoms with Crippen molar-refractivity contribution in [3.05, 3.63) is 4.91 Å². The highest BCUT2D eigenvalue weighted by Crippen LogP contribution is 2.61. The standard InChI is InChI=1S/C12H19NO/c1-8(13-14)12-5-9-2-10(6-12)4-11(3-9)7-12/h8-11H,2-7H2,1H3. The van der Waals surface area contributed by atoms with Gasteiger partial charge >= 0.3 is 0 Å². The SMILES string of the molecule is CC(N=O)C12CC3CC(CC(C3)C1)C2. The van der Waals surface area contributed by atoms with Crippen LogP contribution >= 0.6 is 0 Å². The Hall–Kier alpha value is -0.400. The predicted molar refractivity (Wildman–Crippen MR) is 55.9 cm³/mol. The Balaban J connectivity index is 1.90. The summed E-state index contributed by atoms with van der Waals surface area (Å²) < 4.78 is 0. The fourth-order valence-corrected chi connectivity index (χ4v) is 4.80. The van der Waals surface area contributed by atoms with Crippen LogP contribution in [0.1, 0.15) is 45.4 Å². The molecule has 0 N–H and O–H groups in total. The van der Waals surface area contributed by atoms with Crippen molar-refractivity contribution in [3.63, 3.8) is 0 Å². The molecule has 0 aromatic heterocycles. The van der Waals surface area contributed by atoms with Crippen molar-refractivity contribution in [1.82, 2.24) is 0 Å². The largest absolute Gasteiger partial charge is 0.151 e. The normalized spacial score (nSPS) is 51.9. The van der Waals surface area contributed by atoms with E-state index < -0.39 is 0 Å². The first-order chi connectivity index (χ1) is 6.72. The zero-order valence-electron chi connectivity index (χ0n) is 8.91. The van der Waals surface area contributed by atoms with Crippen LogP contribution in [-0.4, -0.2) is 6.04 Å². The minimum absolute atomic E-state index is 0.0656. The first-order valence-electron chi connectivity index (χ1n) is 6.04. The summed E-state index contributed by atoms with van der Waals surface area (Å²) >= 11 is 0. The van der Waals surface area contributed by atoms with E-state index in [2.05, 4.69) is 5.18 Å². The zero-order chi connectivity index (χ0) is 9.76. The highest BCUT2D eigenvalue weighted by Gasteiger charge is 2.53. The molecule has 2 nitrogen and oxygen atoms in total. The van der Waals surface area contributed by atoms with E-state index in [1.54, 1.807) is 0 Å². The van der Waals surface area contributed by atoms with Gasteiger partial charge < -0.3 is 0 Å². The van der Waals surface area contributed by atoms with E-state index in [9.17, 15) is 4.91 Å². The summed E-state index contributed by atoms with van der Waals surface area (Å²) in [5.41, 5.74) is 0.330. The van der Waals surface area contributed by atoms with E-state index in [1.807, 2.05) is 6.92 Å². The Morgan fingerprint density at radius 2 is 1.50 bits per heavy atom. The molecule has 0 aromatic rings. The van der Waals surface area contributed by atoms with Gasteiger partial charge in [0.25, 0.3) is 0 Å². The Kier molecular flexibility index (Phi) is 1.78. The average molecular weight is 193 g/mol. The highest BCUT2D eigenvalue weighted by atomic mass is 16.3. The summed E-state index contributed by atoms with van der Waals surface area (Å²) in [5, 5.41) is 3.33. The monoisotopic (exact) mass is 193 g/mol. The molecular weight excluding hydrogens is 174 g/mol. The van der Waals surface area contributed by atoms with Crippen molar-refractivity contribution < 1.29 is 0 Å². The second-order valence-electron chi connectivity index (χ2n) is 6.06. The first-order valence-corrected chi connectivity index (χ1v) is 6.04. The van der Waals surface area contributed by atoms with Gasteiger partial charge in [-0.15, -0.1) is 0 Å². The van der Waals surface area contributed by atoms with E-state index >= 15 is 0 Å². The van der Waals surface area contributed by atoms with Gasteiger partial charge in [-0.25, -0.2) is 0 Å². The third kappa shape index (κ3) is 1.09. The van der Waals surface area contributed by atoms with E-state index in [0.717, 1.165) is 17.8 Å². The van der Waals surface area contributed by atoms with Gasteiger partial charge in [-0.1, -0.05) is 5.18 Å². The second-order valence-corrected chi connectivity index (χ2v) is 6.06. The van der Waals surface area contributed by atoms with Gasteiger partial charge in [0.15, 0.2) is 0 Å². The average Bonchev–Trinajstić information content (AvgIpc) is 2.14. The van der Waals surface area contributed by atoms with Gasteiger partial charge in [0.2, 0.25) is 0 Å². The number of nitrogens with zero attached hydrogens (tertiary/aromatic N) is 1. The van der Waals surface area contributed by atoms with E-state index in [0.29, 0.717) is 5.41 Å². The van der Waals surface area contributed by atoms with E-state index in [4.69, 9.17) is 0 Å². The highest BCUT2D eigenvalue weighted by molar-refractivity contribution is 5.05. The lowest BCUT2D eigenvalue weighted by atomic mass is 9.48. The fraction of sp³-hybridized carbons (Fsp3) is 1.00. The molecule has 4 saturated carbocycles. The molecule has 14 heavy (non-hydrogen) atoms. The summed E-state index contributed by atoms with van der Waals surface area (Å²) in [7, 11) is 0. The molecule has 0 spiro atoms.